The molecule has 0 spiro atoms. The molecule has 0 aromatic heterocycles. The normalized spacial score (nSPS) is 27.2. The zero-order valence-corrected chi connectivity index (χ0v) is 19.3. The first-order chi connectivity index (χ1) is 15.7. The highest BCUT2D eigenvalue weighted by Crippen LogP contribution is 2.47. The van der Waals surface area contributed by atoms with Crippen molar-refractivity contribution in [1.82, 2.24) is 10.2 Å². The minimum atomic E-state index is -0.537. The molecule has 5 nitrogen and oxygen atoms in total. The quantitative estimate of drug-likeness (QED) is 0.697. The summed E-state index contributed by atoms with van der Waals surface area (Å²) in [5.41, 5.74) is 2.17. The lowest BCUT2D eigenvalue weighted by Gasteiger charge is -2.44. The molecule has 3 saturated heterocycles. The molecule has 2 atom stereocenters. The molecule has 3 fully saturated rings. The lowest BCUT2D eigenvalue weighted by atomic mass is 9.85. The number of piperidine rings is 3. The molecule has 7 heteroatoms. The Balaban J connectivity index is 1.37. The van der Waals surface area contributed by atoms with Crippen LogP contribution in [0.2, 0.25) is 0 Å². The lowest BCUT2D eigenvalue weighted by Crippen LogP contribution is -2.53. The summed E-state index contributed by atoms with van der Waals surface area (Å²) in [7, 11) is 1.39. The molecule has 2 aromatic rings. The molecular formula is C26H30F2N2O3. The van der Waals surface area contributed by atoms with E-state index in [1.54, 1.807) is 12.1 Å². The monoisotopic (exact) mass is 456 g/mol. The average molecular weight is 457 g/mol. The molecule has 1 aliphatic carbocycles. The van der Waals surface area contributed by atoms with Crippen LogP contribution in [0.1, 0.15) is 43.9 Å². The van der Waals surface area contributed by atoms with Gasteiger partial charge in [-0.25, -0.2) is 13.6 Å². The first-order valence-electron chi connectivity index (χ1n) is 11.6. The molecule has 176 valence electrons. The maximum Gasteiger partial charge on any atom is 0.407 e. The molecule has 33 heavy (non-hydrogen) atoms. The summed E-state index contributed by atoms with van der Waals surface area (Å²) in [6.07, 6.45) is 2.27. The van der Waals surface area contributed by atoms with Crippen LogP contribution in [-0.2, 0) is 11.2 Å². The zero-order valence-electron chi connectivity index (χ0n) is 19.3. The number of hydrogen-bond acceptors (Lipinski definition) is 4. The van der Waals surface area contributed by atoms with Gasteiger partial charge in [0.05, 0.1) is 13.2 Å². The van der Waals surface area contributed by atoms with Gasteiger partial charge in [-0.05, 0) is 84.6 Å². The fraction of sp³-hybridized carbons (Fsp3) is 0.500. The molecule has 0 radical (unpaired) electrons. The van der Waals surface area contributed by atoms with Gasteiger partial charge in [0.25, 0.3) is 0 Å². The van der Waals surface area contributed by atoms with Crippen LogP contribution in [0.15, 0.2) is 30.3 Å². The highest BCUT2D eigenvalue weighted by Gasteiger charge is 2.42. The molecular weight excluding hydrogens is 426 g/mol. The predicted octanol–water partition coefficient (Wildman–Crippen LogP) is 5.08. The molecule has 3 heterocycles. The van der Waals surface area contributed by atoms with Crippen molar-refractivity contribution in [2.75, 3.05) is 26.7 Å². The van der Waals surface area contributed by atoms with Crippen LogP contribution in [-0.4, -0.2) is 43.8 Å². The van der Waals surface area contributed by atoms with Crippen molar-refractivity contribution in [3.63, 3.8) is 0 Å². The van der Waals surface area contributed by atoms with Crippen molar-refractivity contribution in [2.24, 2.45) is 11.3 Å². The SMILES string of the molecule is COc1ccc(-c2cc3c(cc2F)[C@H](NC(=O)O[C@H]2CN4CCC2CC4)C(C)(C)C3)cc1F. The standard InChI is InChI=1S/C26H30F2N2O3/c1-26(2)13-17-10-18(16-4-5-22(32-3)21(28)11-16)20(27)12-19(17)24(26)29-25(31)33-23-14-30-8-6-15(23)7-9-30/h4-5,10-12,15,23-24H,6-9,13-14H2,1-3H3,(H,29,31)/t23-,24-/m0/s1. The maximum atomic E-state index is 15.2. The van der Waals surface area contributed by atoms with E-state index in [4.69, 9.17) is 9.47 Å². The van der Waals surface area contributed by atoms with Gasteiger partial charge < -0.3 is 14.8 Å². The van der Waals surface area contributed by atoms with Crippen LogP contribution in [0.5, 0.6) is 5.75 Å². The molecule has 1 amide bonds. The molecule has 3 aliphatic heterocycles. The van der Waals surface area contributed by atoms with Gasteiger partial charge in [-0.1, -0.05) is 19.9 Å². The lowest BCUT2D eigenvalue weighted by molar-refractivity contribution is -0.0349. The van der Waals surface area contributed by atoms with Crippen LogP contribution < -0.4 is 10.1 Å². The van der Waals surface area contributed by atoms with Gasteiger partial charge in [-0.2, -0.15) is 0 Å². The number of carbonyl (C=O) groups excluding carboxylic acids is 1. The van der Waals surface area contributed by atoms with E-state index < -0.39 is 17.7 Å². The molecule has 2 bridgehead atoms. The highest BCUT2D eigenvalue weighted by molar-refractivity contribution is 5.71. The largest absolute Gasteiger partial charge is 0.494 e. The van der Waals surface area contributed by atoms with E-state index in [9.17, 15) is 9.18 Å². The topological polar surface area (TPSA) is 50.8 Å². The Bertz CT molecular complexity index is 1080. The van der Waals surface area contributed by atoms with Gasteiger partial charge >= 0.3 is 6.09 Å². The van der Waals surface area contributed by atoms with E-state index in [0.717, 1.165) is 43.6 Å². The number of hydrogen-bond donors (Lipinski definition) is 1. The summed E-state index contributed by atoms with van der Waals surface area (Å²) < 4.78 is 40.2. The van der Waals surface area contributed by atoms with Gasteiger partial charge in [-0.15, -0.1) is 0 Å². The van der Waals surface area contributed by atoms with E-state index in [1.165, 1.54) is 25.3 Å². The van der Waals surface area contributed by atoms with Crippen molar-refractivity contribution in [3.8, 4) is 16.9 Å². The molecule has 2 aromatic carbocycles. The number of halogens is 2. The van der Waals surface area contributed by atoms with Crippen molar-refractivity contribution >= 4 is 6.09 Å². The zero-order chi connectivity index (χ0) is 23.3. The number of carbonyl (C=O) groups is 1. The minimum Gasteiger partial charge on any atom is -0.494 e. The summed E-state index contributed by atoms with van der Waals surface area (Å²) in [5, 5.41) is 3.02. The number of nitrogens with one attached hydrogen (secondary N) is 1. The van der Waals surface area contributed by atoms with E-state index in [1.807, 2.05) is 0 Å². The maximum absolute atomic E-state index is 15.2. The first kappa shape index (κ1) is 22.1. The first-order valence-corrected chi connectivity index (χ1v) is 11.6. The number of ether oxygens (including phenoxy) is 2. The van der Waals surface area contributed by atoms with Gasteiger partial charge in [0.15, 0.2) is 11.6 Å². The number of fused-ring (bicyclic) bond motifs is 4. The Hall–Kier alpha value is -2.67. The number of benzene rings is 2. The fourth-order valence-corrected chi connectivity index (χ4v) is 5.73. The van der Waals surface area contributed by atoms with Crippen molar-refractivity contribution in [1.29, 1.82) is 0 Å². The van der Waals surface area contributed by atoms with E-state index >= 15 is 4.39 Å². The fourth-order valence-electron chi connectivity index (χ4n) is 5.73. The van der Waals surface area contributed by atoms with E-state index in [0.29, 0.717) is 23.5 Å². The van der Waals surface area contributed by atoms with Crippen molar-refractivity contribution < 1.29 is 23.0 Å². The molecule has 4 aliphatic rings. The summed E-state index contributed by atoms with van der Waals surface area (Å²) in [6.45, 7) is 7.05. The van der Waals surface area contributed by atoms with Gasteiger partial charge in [0.2, 0.25) is 0 Å². The molecule has 6 rings (SSSR count). The number of methoxy groups -OCH3 is 1. The van der Waals surface area contributed by atoms with Crippen LogP contribution in [0.25, 0.3) is 11.1 Å². The third kappa shape index (κ3) is 4.07. The molecule has 0 unspecified atom stereocenters. The molecule has 0 saturated carbocycles. The summed E-state index contributed by atoms with van der Waals surface area (Å²) in [6, 6.07) is 7.31. The van der Waals surface area contributed by atoms with Crippen molar-refractivity contribution in [3.05, 3.63) is 53.1 Å². The van der Waals surface area contributed by atoms with E-state index in [-0.39, 0.29) is 23.3 Å². The second-order valence-corrected chi connectivity index (χ2v) is 10.2. The van der Waals surface area contributed by atoms with Gasteiger partial charge in [0, 0.05) is 12.1 Å². The Kier molecular flexibility index (Phi) is 5.55. The summed E-state index contributed by atoms with van der Waals surface area (Å²) >= 11 is 0. The minimum absolute atomic E-state index is 0.0828. The number of rotatable bonds is 4. The third-order valence-corrected chi connectivity index (χ3v) is 7.55. The Labute approximate surface area is 193 Å². The Morgan fingerprint density at radius 1 is 1.12 bits per heavy atom. The molecule has 1 N–H and O–H groups in total. The summed E-state index contributed by atoms with van der Waals surface area (Å²) in [4.78, 5) is 15.2. The van der Waals surface area contributed by atoms with Crippen LogP contribution in [0, 0.1) is 23.0 Å². The van der Waals surface area contributed by atoms with Crippen LogP contribution in [0.4, 0.5) is 13.6 Å². The number of nitrogens with zero attached hydrogens (tertiary/aromatic N) is 1. The predicted molar refractivity (Wildman–Crippen MR) is 121 cm³/mol. The third-order valence-electron chi connectivity index (χ3n) is 7.55. The van der Waals surface area contributed by atoms with Gasteiger partial charge in [-0.3, -0.25) is 4.90 Å². The van der Waals surface area contributed by atoms with Crippen LogP contribution >= 0.6 is 0 Å². The smallest absolute Gasteiger partial charge is 0.407 e. The second-order valence-electron chi connectivity index (χ2n) is 10.2. The Morgan fingerprint density at radius 3 is 2.52 bits per heavy atom. The highest BCUT2D eigenvalue weighted by atomic mass is 19.1. The van der Waals surface area contributed by atoms with Gasteiger partial charge in [0.1, 0.15) is 11.9 Å². The van der Waals surface area contributed by atoms with E-state index in [2.05, 4.69) is 24.1 Å². The van der Waals surface area contributed by atoms with Crippen molar-refractivity contribution in [2.45, 2.75) is 45.3 Å². The second kappa shape index (κ2) is 8.28. The number of amides is 1. The Morgan fingerprint density at radius 2 is 1.88 bits per heavy atom. The summed E-state index contributed by atoms with van der Waals surface area (Å²) in [5.74, 6) is -0.444. The average Bonchev–Trinajstić information content (AvgIpc) is 3.02. The van der Waals surface area contributed by atoms with Crippen LogP contribution in [0.3, 0.4) is 0 Å². The number of alkyl carbamates (subject to hydrolysis) is 1.